The van der Waals surface area contributed by atoms with Crippen LogP contribution in [0.25, 0.3) is 16.5 Å². The molecule has 158 valence electrons. The van der Waals surface area contributed by atoms with Crippen molar-refractivity contribution in [2.45, 2.75) is 6.92 Å². The molecule has 0 spiro atoms. The lowest BCUT2D eigenvalue weighted by molar-refractivity contribution is 0.0737. The van der Waals surface area contributed by atoms with E-state index in [1.807, 2.05) is 72.6 Å². The van der Waals surface area contributed by atoms with Gasteiger partial charge in [-0.05, 0) is 36.6 Å². The molecule has 0 bridgehead atoms. The van der Waals surface area contributed by atoms with Gasteiger partial charge in [-0.3, -0.25) is 4.79 Å². The van der Waals surface area contributed by atoms with Gasteiger partial charge < -0.3 is 9.80 Å². The molecule has 0 N–H and O–H groups in total. The Morgan fingerprint density at radius 1 is 0.903 bits per heavy atom. The predicted molar refractivity (Wildman–Crippen MR) is 125 cm³/mol. The molecule has 0 unspecified atom stereocenters. The van der Waals surface area contributed by atoms with Gasteiger partial charge in [-0.25, -0.2) is 9.67 Å². The minimum atomic E-state index is 0. The lowest BCUT2D eigenvalue weighted by Gasteiger charge is -2.35. The second-order valence-electron chi connectivity index (χ2n) is 7.55. The average molecular weight is 434 g/mol. The molecule has 2 aromatic heterocycles. The van der Waals surface area contributed by atoms with Crippen LogP contribution in [-0.4, -0.2) is 51.8 Å². The summed E-state index contributed by atoms with van der Waals surface area (Å²) in [6.45, 7) is 4.74. The minimum absolute atomic E-state index is 0. The van der Waals surface area contributed by atoms with Crippen molar-refractivity contribution < 1.29 is 4.79 Å². The monoisotopic (exact) mass is 433 g/mol. The van der Waals surface area contributed by atoms with Crippen molar-refractivity contribution in [1.29, 1.82) is 0 Å². The third-order valence-electron chi connectivity index (χ3n) is 5.57. The van der Waals surface area contributed by atoms with Gasteiger partial charge in [0.1, 0.15) is 11.5 Å². The topological polar surface area (TPSA) is 54.3 Å². The quantitative estimate of drug-likeness (QED) is 0.488. The summed E-state index contributed by atoms with van der Waals surface area (Å²) in [5.74, 6) is 1.01. The van der Waals surface area contributed by atoms with Crippen LogP contribution in [0.2, 0.25) is 0 Å². The molecule has 2 aromatic carbocycles. The first-order chi connectivity index (χ1) is 14.7. The summed E-state index contributed by atoms with van der Waals surface area (Å²) in [6.07, 6.45) is 1.86. The maximum absolute atomic E-state index is 13.3. The van der Waals surface area contributed by atoms with Crippen molar-refractivity contribution >= 4 is 34.9 Å². The normalized spacial score (nSPS) is 13.8. The maximum atomic E-state index is 13.3. The number of hydrogen-bond acceptors (Lipinski definition) is 4. The molecule has 1 saturated heterocycles. The molecule has 1 amide bonds. The number of anilines is 1. The average Bonchev–Trinajstić information content (AvgIpc) is 3.20. The number of para-hydroxylation sites is 1. The number of piperazine rings is 1. The van der Waals surface area contributed by atoms with E-state index in [-0.39, 0.29) is 18.3 Å². The summed E-state index contributed by atoms with van der Waals surface area (Å²) in [6, 6.07) is 22.0. The molecule has 0 saturated carbocycles. The number of benzene rings is 2. The fourth-order valence-electron chi connectivity index (χ4n) is 4.06. The molecule has 1 aliphatic rings. The molecular formula is C24H24ClN5O. The van der Waals surface area contributed by atoms with Crippen LogP contribution in [0.4, 0.5) is 5.82 Å². The number of halogens is 1. The van der Waals surface area contributed by atoms with Gasteiger partial charge in [0.05, 0.1) is 11.4 Å². The number of carbonyl (C=O) groups is 1. The van der Waals surface area contributed by atoms with Crippen LogP contribution in [0.5, 0.6) is 0 Å². The highest BCUT2D eigenvalue weighted by atomic mass is 35.5. The third-order valence-corrected chi connectivity index (χ3v) is 5.57. The van der Waals surface area contributed by atoms with Gasteiger partial charge in [-0.2, -0.15) is 5.10 Å². The Kier molecular flexibility index (Phi) is 5.91. The first-order valence-electron chi connectivity index (χ1n) is 10.2. The van der Waals surface area contributed by atoms with Crippen LogP contribution in [0.15, 0.2) is 72.9 Å². The lowest BCUT2D eigenvalue weighted by Crippen LogP contribution is -2.49. The zero-order valence-corrected chi connectivity index (χ0v) is 18.1. The summed E-state index contributed by atoms with van der Waals surface area (Å²) in [5, 5.41) is 6.88. The largest absolute Gasteiger partial charge is 0.353 e. The number of carbonyl (C=O) groups excluding carboxylic acids is 1. The molecule has 0 radical (unpaired) electrons. The maximum Gasteiger partial charge on any atom is 0.272 e. The van der Waals surface area contributed by atoms with Gasteiger partial charge >= 0.3 is 0 Å². The molecule has 5 rings (SSSR count). The summed E-state index contributed by atoms with van der Waals surface area (Å²) >= 11 is 0. The number of aromatic nitrogens is 3. The van der Waals surface area contributed by atoms with E-state index in [1.54, 1.807) is 4.68 Å². The number of aryl methyl sites for hydroxylation is 1. The molecule has 1 aliphatic heterocycles. The fraction of sp³-hybridized carbons (Fsp3) is 0.208. The zero-order valence-electron chi connectivity index (χ0n) is 17.3. The smallest absolute Gasteiger partial charge is 0.272 e. The van der Waals surface area contributed by atoms with Crippen molar-refractivity contribution in [2.75, 3.05) is 31.1 Å². The van der Waals surface area contributed by atoms with Gasteiger partial charge in [0.15, 0.2) is 0 Å². The second kappa shape index (κ2) is 8.78. The first kappa shape index (κ1) is 20.9. The summed E-state index contributed by atoms with van der Waals surface area (Å²) in [7, 11) is 0. The van der Waals surface area contributed by atoms with Crippen LogP contribution >= 0.6 is 12.4 Å². The Balaban J connectivity index is 0.00000231. The van der Waals surface area contributed by atoms with E-state index in [0.29, 0.717) is 18.8 Å². The number of hydrogen-bond donors (Lipinski definition) is 0. The highest BCUT2D eigenvalue weighted by Gasteiger charge is 2.26. The number of fused-ring (bicyclic) bond motifs is 1. The Morgan fingerprint density at radius 2 is 1.61 bits per heavy atom. The standard InChI is InChI=1S/C24H23N5O.ClH/c1-18-17-22(29(26-18)20-8-3-2-4-9-20)24(30)28-15-13-27(14-16-28)23-21-10-6-5-7-19(21)11-12-25-23;/h2-12,17H,13-16H2,1H3;1H. The predicted octanol–water partition coefficient (Wildman–Crippen LogP) is 4.11. The number of rotatable bonds is 3. The van der Waals surface area contributed by atoms with Gasteiger partial charge in [-0.15, -0.1) is 12.4 Å². The van der Waals surface area contributed by atoms with Crippen LogP contribution in [0.3, 0.4) is 0 Å². The van der Waals surface area contributed by atoms with Gasteiger partial charge in [0.25, 0.3) is 5.91 Å². The van der Waals surface area contributed by atoms with E-state index in [9.17, 15) is 4.79 Å². The fourth-order valence-corrected chi connectivity index (χ4v) is 4.06. The van der Waals surface area contributed by atoms with Crippen LogP contribution in [0.1, 0.15) is 16.2 Å². The van der Waals surface area contributed by atoms with E-state index in [4.69, 9.17) is 0 Å². The summed E-state index contributed by atoms with van der Waals surface area (Å²) in [5.41, 5.74) is 2.34. The molecule has 3 heterocycles. The molecule has 6 nitrogen and oxygen atoms in total. The number of nitrogens with zero attached hydrogens (tertiary/aromatic N) is 5. The van der Waals surface area contributed by atoms with Crippen LogP contribution < -0.4 is 4.90 Å². The Morgan fingerprint density at radius 3 is 2.39 bits per heavy atom. The van der Waals surface area contributed by atoms with Crippen molar-refractivity contribution in [1.82, 2.24) is 19.7 Å². The van der Waals surface area contributed by atoms with Gasteiger partial charge in [0, 0.05) is 37.8 Å². The molecule has 0 atom stereocenters. The van der Waals surface area contributed by atoms with E-state index in [0.717, 1.165) is 35.7 Å². The van der Waals surface area contributed by atoms with Crippen molar-refractivity contribution in [3.05, 3.63) is 84.3 Å². The molecule has 7 heteroatoms. The first-order valence-corrected chi connectivity index (χ1v) is 10.2. The molecule has 31 heavy (non-hydrogen) atoms. The number of pyridine rings is 1. The Labute approximate surface area is 187 Å². The second-order valence-corrected chi connectivity index (χ2v) is 7.55. The highest BCUT2D eigenvalue weighted by Crippen LogP contribution is 2.25. The van der Waals surface area contributed by atoms with Crippen LogP contribution in [-0.2, 0) is 0 Å². The van der Waals surface area contributed by atoms with Crippen LogP contribution in [0, 0.1) is 6.92 Å². The molecule has 4 aromatic rings. The van der Waals surface area contributed by atoms with E-state index >= 15 is 0 Å². The number of amides is 1. The van der Waals surface area contributed by atoms with Crippen molar-refractivity contribution in [3.63, 3.8) is 0 Å². The van der Waals surface area contributed by atoms with E-state index < -0.39 is 0 Å². The van der Waals surface area contributed by atoms with Gasteiger partial charge in [-0.1, -0.05) is 42.5 Å². The third kappa shape index (κ3) is 3.99. The minimum Gasteiger partial charge on any atom is -0.353 e. The van der Waals surface area contributed by atoms with Crippen molar-refractivity contribution in [3.8, 4) is 5.69 Å². The zero-order chi connectivity index (χ0) is 20.5. The van der Waals surface area contributed by atoms with Gasteiger partial charge in [0.2, 0.25) is 0 Å². The SMILES string of the molecule is Cc1cc(C(=O)N2CCN(c3nccc4ccccc34)CC2)n(-c2ccccc2)n1.Cl. The Bertz CT molecular complexity index is 1190. The van der Waals surface area contributed by atoms with E-state index in [1.165, 1.54) is 5.39 Å². The summed E-state index contributed by atoms with van der Waals surface area (Å²) in [4.78, 5) is 22.1. The lowest BCUT2D eigenvalue weighted by atomic mass is 10.1. The molecular weight excluding hydrogens is 410 g/mol. The molecule has 0 aliphatic carbocycles. The highest BCUT2D eigenvalue weighted by molar-refractivity contribution is 5.94. The molecule has 1 fully saturated rings. The van der Waals surface area contributed by atoms with Crippen molar-refractivity contribution in [2.24, 2.45) is 0 Å². The van der Waals surface area contributed by atoms with E-state index in [2.05, 4.69) is 27.1 Å². The summed E-state index contributed by atoms with van der Waals surface area (Å²) < 4.78 is 1.75. The Hall–Kier alpha value is -3.38.